The highest BCUT2D eigenvalue weighted by Crippen LogP contribution is 2.43. The molecule has 0 bridgehead atoms. The molecule has 1 fully saturated rings. The first-order chi connectivity index (χ1) is 15.3. The smallest absolute Gasteiger partial charge is 0.300 e. The molecular formula is C25H21ClN2O4. The zero-order valence-electron chi connectivity index (χ0n) is 17.8. The lowest BCUT2D eigenvalue weighted by molar-refractivity contribution is -0.132. The maximum Gasteiger partial charge on any atom is 0.300 e. The molecule has 0 spiro atoms. The normalized spacial score (nSPS) is 17.6. The van der Waals surface area contributed by atoms with E-state index in [0.29, 0.717) is 33.3 Å². The SMILES string of the molecule is COc1ccc(/C(O)=C2\C(=O)C(=O)N(c3ccc(Cl)cc3C)C2c2ccccn2)c(C)c1. The number of pyridine rings is 1. The average Bonchev–Trinajstić information content (AvgIpc) is 3.04. The van der Waals surface area contributed by atoms with Crippen LogP contribution >= 0.6 is 11.6 Å². The number of ether oxygens (including phenoxy) is 1. The number of anilines is 1. The van der Waals surface area contributed by atoms with Gasteiger partial charge in [0.2, 0.25) is 0 Å². The van der Waals surface area contributed by atoms with Gasteiger partial charge in [-0.1, -0.05) is 17.7 Å². The lowest BCUT2D eigenvalue weighted by Crippen LogP contribution is -2.30. The van der Waals surface area contributed by atoms with E-state index in [1.165, 1.54) is 4.90 Å². The number of aliphatic hydroxyl groups is 1. The Labute approximate surface area is 190 Å². The Morgan fingerprint density at radius 2 is 1.84 bits per heavy atom. The van der Waals surface area contributed by atoms with Gasteiger partial charge in [0.25, 0.3) is 11.7 Å². The van der Waals surface area contributed by atoms with Crippen LogP contribution in [-0.2, 0) is 9.59 Å². The number of carbonyl (C=O) groups is 2. The van der Waals surface area contributed by atoms with Crippen molar-refractivity contribution >= 4 is 34.7 Å². The Bertz CT molecular complexity index is 1250. The van der Waals surface area contributed by atoms with Gasteiger partial charge in [-0.05, 0) is 73.5 Å². The number of rotatable bonds is 4. The molecule has 1 N–H and O–H groups in total. The predicted molar refractivity (Wildman–Crippen MR) is 123 cm³/mol. The predicted octanol–water partition coefficient (Wildman–Crippen LogP) is 4.99. The first-order valence-corrected chi connectivity index (χ1v) is 10.3. The van der Waals surface area contributed by atoms with Crippen LogP contribution in [0.5, 0.6) is 5.75 Å². The number of hydrogen-bond acceptors (Lipinski definition) is 5. The summed E-state index contributed by atoms with van der Waals surface area (Å²) in [4.78, 5) is 32.2. The maximum atomic E-state index is 13.2. The molecule has 32 heavy (non-hydrogen) atoms. The molecule has 3 aromatic rings. The van der Waals surface area contributed by atoms with Gasteiger partial charge in [0.15, 0.2) is 0 Å². The van der Waals surface area contributed by atoms with Crippen LogP contribution in [-0.4, -0.2) is 28.9 Å². The molecule has 0 radical (unpaired) electrons. The summed E-state index contributed by atoms with van der Waals surface area (Å²) in [7, 11) is 1.55. The first kappa shape index (κ1) is 21.6. The van der Waals surface area contributed by atoms with Gasteiger partial charge in [-0.15, -0.1) is 0 Å². The highest BCUT2D eigenvalue weighted by molar-refractivity contribution is 6.51. The molecule has 4 rings (SSSR count). The van der Waals surface area contributed by atoms with E-state index in [1.807, 2.05) is 6.92 Å². The van der Waals surface area contributed by atoms with Crippen molar-refractivity contribution in [1.82, 2.24) is 4.98 Å². The molecule has 0 aliphatic carbocycles. The van der Waals surface area contributed by atoms with Gasteiger partial charge in [-0.25, -0.2) is 0 Å². The monoisotopic (exact) mass is 448 g/mol. The third-order valence-corrected chi connectivity index (χ3v) is 5.75. The van der Waals surface area contributed by atoms with Gasteiger partial charge in [0.1, 0.15) is 17.6 Å². The second-order valence-corrected chi connectivity index (χ2v) is 7.97. The third kappa shape index (κ3) is 3.63. The van der Waals surface area contributed by atoms with Crippen molar-refractivity contribution in [1.29, 1.82) is 0 Å². The fraction of sp³-hybridized carbons (Fsp3) is 0.160. The van der Waals surface area contributed by atoms with Crippen molar-refractivity contribution in [2.24, 2.45) is 0 Å². The number of aryl methyl sites for hydroxylation is 2. The Morgan fingerprint density at radius 3 is 2.47 bits per heavy atom. The lowest BCUT2D eigenvalue weighted by Gasteiger charge is -2.26. The Hall–Kier alpha value is -3.64. The van der Waals surface area contributed by atoms with Crippen LogP contribution in [0.2, 0.25) is 5.02 Å². The van der Waals surface area contributed by atoms with E-state index in [0.717, 1.165) is 5.56 Å². The molecule has 7 heteroatoms. The van der Waals surface area contributed by atoms with Gasteiger partial charge >= 0.3 is 0 Å². The number of aromatic nitrogens is 1. The maximum absolute atomic E-state index is 13.2. The Morgan fingerprint density at radius 1 is 1.06 bits per heavy atom. The topological polar surface area (TPSA) is 79.7 Å². The second kappa shape index (κ2) is 8.48. The Balaban J connectivity index is 1.96. The molecule has 1 aliphatic rings. The molecule has 6 nitrogen and oxygen atoms in total. The minimum atomic E-state index is -0.891. The van der Waals surface area contributed by atoms with Crippen LogP contribution in [0, 0.1) is 13.8 Å². The number of amides is 1. The summed E-state index contributed by atoms with van der Waals surface area (Å²) in [5.74, 6) is -1.15. The van der Waals surface area contributed by atoms with Crippen LogP contribution in [0.1, 0.15) is 28.4 Å². The quantitative estimate of drug-likeness (QED) is 0.345. The third-order valence-electron chi connectivity index (χ3n) is 5.52. The number of hydrogen-bond donors (Lipinski definition) is 1. The van der Waals surface area contributed by atoms with Crippen LogP contribution in [0.4, 0.5) is 5.69 Å². The number of nitrogens with zero attached hydrogens (tertiary/aromatic N) is 2. The van der Waals surface area contributed by atoms with Crippen LogP contribution in [0.15, 0.2) is 66.4 Å². The lowest BCUT2D eigenvalue weighted by atomic mass is 9.96. The standard InChI is InChI=1S/C25H21ClN2O4/c1-14-13-17(32-3)8-9-18(14)23(29)21-22(19-6-4-5-11-27-19)28(25(31)24(21)30)20-10-7-16(26)12-15(20)2/h4-13,22,29H,1-3H3/b23-21+. The summed E-state index contributed by atoms with van der Waals surface area (Å²) in [6.45, 7) is 3.61. The van der Waals surface area contributed by atoms with Crippen LogP contribution in [0.25, 0.3) is 5.76 Å². The van der Waals surface area contributed by atoms with Gasteiger partial charge in [0.05, 0.1) is 18.4 Å². The van der Waals surface area contributed by atoms with E-state index >= 15 is 0 Å². The fourth-order valence-corrected chi connectivity index (χ4v) is 4.19. The fourth-order valence-electron chi connectivity index (χ4n) is 3.96. The van der Waals surface area contributed by atoms with Gasteiger partial charge in [-0.3, -0.25) is 19.5 Å². The number of Topliss-reactive ketones (excluding diaryl/α,β-unsaturated/α-hetero) is 1. The molecule has 2 aromatic carbocycles. The van der Waals surface area contributed by atoms with Crippen LogP contribution < -0.4 is 9.64 Å². The second-order valence-electron chi connectivity index (χ2n) is 7.54. The van der Waals surface area contributed by atoms with E-state index in [9.17, 15) is 14.7 Å². The number of methoxy groups -OCH3 is 1. The van der Waals surface area contributed by atoms with Crippen molar-refractivity contribution in [2.45, 2.75) is 19.9 Å². The molecule has 162 valence electrons. The molecule has 1 aliphatic heterocycles. The molecule has 0 saturated carbocycles. The Kier molecular flexibility index (Phi) is 5.72. The molecule has 1 aromatic heterocycles. The number of ketones is 1. The summed E-state index contributed by atoms with van der Waals surface area (Å²) in [6, 6.07) is 14.5. The summed E-state index contributed by atoms with van der Waals surface area (Å²) in [6.07, 6.45) is 1.59. The highest BCUT2D eigenvalue weighted by Gasteiger charge is 2.48. The van der Waals surface area contributed by atoms with Crippen molar-refractivity contribution in [3.63, 3.8) is 0 Å². The zero-order valence-corrected chi connectivity index (χ0v) is 18.6. The number of aliphatic hydroxyl groups excluding tert-OH is 1. The summed E-state index contributed by atoms with van der Waals surface area (Å²) in [5, 5.41) is 11.8. The molecule has 1 amide bonds. The molecular weight excluding hydrogens is 428 g/mol. The first-order valence-electron chi connectivity index (χ1n) is 9.96. The summed E-state index contributed by atoms with van der Waals surface area (Å²) < 4.78 is 5.23. The number of halogens is 1. The number of carbonyl (C=O) groups excluding carboxylic acids is 2. The molecule has 1 saturated heterocycles. The molecule has 1 unspecified atom stereocenters. The van der Waals surface area contributed by atoms with E-state index < -0.39 is 17.7 Å². The summed E-state index contributed by atoms with van der Waals surface area (Å²) in [5.41, 5.74) is 2.84. The van der Waals surface area contributed by atoms with E-state index in [4.69, 9.17) is 16.3 Å². The molecule has 2 heterocycles. The molecule has 1 atom stereocenters. The largest absolute Gasteiger partial charge is 0.507 e. The highest BCUT2D eigenvalue weighted by atomic mass is 35.5. The summed E-state index contributed by atoms with van der Waals surface area (Å²) >= 11 is 6.10. The van der Waals surface area contributed by atoms with E-state index in [-0.39, 0.29) is 11.3 Å². The number of benzene rings is 2. The van der Waals surface area contributed by atoms with Crippen molar-refractivity contribution in [3.05, 3.63) is 93.8 Å². The van der Waals surface area contributed by atoms with E-state index in [2.05, 4.69) is 4.98 Å². The van der Waals surface area contributed by atoms with Gasteiger partial charge in [-0.2, -0.15) is 0 Å². The van der Waals surface area contributed by atoms with Crippen molar-refractivity contribution in [2.75, 3.05) is 12.0 Å². The van der Waals surface area contributed by atoms with Gasteiger partial charge < -0.3 is 9.84 Å². The van der Waals surface area contributed by atoms with Crippen molar-refractivity contribution in [3.8, 4) is 5.75 Å². The average molecular weight is 449 g/mol. The van der Waals surface area contributed by atoms with Crippen molar-refractivity contribution < 1.29 is 19.4 Å². The van der Waals surface area contributed by atoms with E-state index in [1.54, 1.807) is 74.8 Å². The minimum Gasteiger partial charge on any atom is -0.507 e. The minimum absolute atomic E-state index is 0.0173. The zero-order chi connectivity index (χ0) is 23.0. The van der Waals surface area contributed by atoms with Gasteiger partial charge in [0, 0.05) is 22.5 Å². The van der Waals surface area contributed by atoms with Crippen LogP contribution in [0.3, 0.4) is 0 Å².